The zero-order valence-electron chi connectivity index (χ0n) is 11.8. The van der Waals surface area contributed by atoms with Gasteiger partial charge in [-0.3, -0.25) is 4.79 Å². The van der Waals surface area contributed by atoms with Gasteiger partial charge in [0.2, 0.25) is 5.91 Å². The second-order valence-corrected chi connectivity index (χ2v) is 6.34. The lowest BCUT2D eigenvalue weighted by Crippen LogP contribution is -2.39. The molecule has 102 valence electrons. The number of ether oxygens (including phenoxy) is 1. The first kappa shape index (κ1) is 12.7. The third-order valence-electron chi connectivity index (χ3n) is 4.84. The predicted octanol–water partition coefficient (Wildman–Crippen LogP) is 2.32. The van der Waals surface area contributed by atoms with Gasteiger partial charge >= 0.3 is 0 Å². The maximum absolute atomic E-state index is 12.1. The van der Waals surface area contributed by atoms with Crippen LogP contribution in [0.2, 0.25) is 0 Å². The van der Waals surface area contributed by atoms with Crippen molar-refractivity contribution in [3.8, 4) is 0 Å². The molecule has 2 fully saturated rings. The SMILES string of the molecule is CN1C(=O)C2[C@@H]([C@H]1COCc1ccccc1)C2(C)C. The number of fused-ring (bicyclic) bond motifs is 1. The summed E-state index contributed by atoms with van der Waals surface area (Å²) in [6.07, 6.45) is 0. The van der Waals surface area contributed by atoms with Crippen LogP contribution in [-0.4, -0.2) is 30.5 Å². The summed E-state index contributed by atoms with van der Waals surface area (Å²) in [4.78, 5) is 14.0. The number of carbonyl (C=O) groups excluding carboxylic acids is 1. The minimum atomic E-state index is 0.171. The van der Waals surface area contributed by atoms with E-state index < -0.39 is 0 Å². The van der Waals surface area contributed by atoms with Gasteiger partial charge in [0.05, 0.1) is 19.3 Å². The minimum absolute atomic E-state index is 0.171. The Labute approximate surface area is 114 Å². The Morgan fingerprint density at radius 2 is 1.95 bits per heavy atom. The number of benzene rings is 1. The molecule has 1 heterocycles. The molecular formula is C16H21NO2. The summed E-state index contributed by atoms with van der Waals surface area (Å²) in [5.41, 5.74) is 1.35. The summed E-state index contributed by atoms with van der Waals surface area (Å²) in [7, 11) is 1.90. The van der Waals surface area contributed by atoms with Crippen LogP contribution >= 0.6 is 0 Å². The van der Waals surface area contributed by atoms with E-state index in [9.17, 15) is 4.79 Å². The number of carbonyl (C=O) groups is 1. The van der Waals surface area contributed by atoms with E-state index in [1.54, 1.807) is 0 Å². The van der Waals surface area contributed by atoms with Crippen LogP contribution in [0.3, 0.4) is 0 Å². The van der Waals surface area contributed by atoms with Crippen molar-refractivity contribution in [3.63, 3.8) is 0 Å². The van der Waals surface area contributed by atoms with Gasteiger partial charge in [0, 0.05) is 13.0 Å². The Hall–Kier alpha value is -1.35. The molecular weight excluding hydrogens is 238 g/mol. The molecule has 0 spiro atoms. The third kappa shape index (κ3) is 1.96. The van der Waals surface area contributed by atoms with E-state index in [0.717, 1.165) is 0 Å². The van der Waals surface area contributed by atoms with Gasteiger partial charge in [-0.05, 0) is 16.9 Å². The minimum Gasteiger partial charge on any atom is -0.375 e. The van der Waals surface area contributed by atoms with Crippen molar-refractivity contribution in [2.24, 2.45) is 17.3 Å². The Morgan fingerprint density at radius 1 is 1.26 bits per heavy atom. The molecule has 1 unspecified atom stereocenters. The first-order chi connectivity index (χ1) is 9.03. The first-order valence-corrected chi connectivity index (χ1v) is 6.92. The maximum Gasteiger partial charge on any atom is 0.226 e. The zero-order valence-corrected chi connectivity index (χ0v) is 11.8. The fourth-order valence-electron chi connectivity index (χ4n) is 3.58. The first-order valence-electron chi connectivity index (χ1n) is 6.92. The van der Waals surface area contributed by atoms with Crippen molar-refractivity contribution in [3.05, 3.63) is 35.9 Å². The average Bonchev–Trinajstić information content (AvgIpc) is 2.85. The summed E-state index contributed by atoms with van der Waals surface area (Å²) >= 11 is 0. The fraction of sp³-hybridized carbons (Fsp3) is 0.562. The smallest absolute Gasteiger partial charge is 0.226 e. The molecule has 0 N–H and O–H groups in total. The molecule has 1 aliphatic carbocycles. The van der Waals surface area contributed by atoms with Crippen LogP contribution in [0.1, 0.15) is 19.4 Å². The molecule has 1 amide bonds. The highest BCUT2D eigenvalue weighted by atomic mass is 16.5. The largest absolute Gasteiger partial charge is 0.375 e. The molecule has 2 aliphatic rings. The number of piperidine rings is 1. The number of nitrogens with zero attached hydrogens (tertiary/aromatic N) is 1. The zero-order chi connectivity index (χ0) is 13.6. The van der Waals surface area contributed by atoms with E-state index >= 15 is 0 Å². The summed E-state index contributed by atoms with van der Waals surface area (Å²) in [6.45, 7) is 5.65. The normalized spacial score (nSPS) is 31.4. The van der Waals surface area contributed by atoms with Crippen molar-refractivity contribution in [2.45, 2.75) is 26.5 Å². The second-order valence-electron chi connectivity index (χ2n) is 6.34. The lowest BCUT2D eigenvalue weighted by molar-refractivity contribution is -0.132. The van der Waals surface area contributed by atoms with E-state index in [4.69, 9.17) is 4.74 Å². The topological polar surface area (TPSA) is 29.5 Å². The molecule has 1 aliphatic heterocycles. The molecule has 1 aromatic rings. The summed E-state index contributed by atoms with van der Waals surface area (Å²) in [6, 6.07) is 10.4. The quantitative estimate of drug-likeness (QED) is 0.830. The van der Waals surface area contributed by atoms with E-state index in [1.165, 1.54) is 5.56 Å². The predicted molar refractivity (Wildman–Crippen MR) is 73.4 cm³/mol. The average molecular weight is 259 g/mol. The number of likely N-dealkylation sites (N-methyl/N-ethyl adjacent to an activating group) is 1. The Morgan fingerprint density at radius 3 is 2.58 bits per heavy atom. The number of hydrogen-bond acceptors (Lipinski definition) is 2. The molecule has 3 nitrogen and oxygen atoms in total. The van der Waals surface area contributed by atoms with Crippen molar-refractivity contribution in [2.75, 3.05) is 13.7 Å². The second kappa shape index (κ2) is 4.34. The van der Waals surface area contributed by atoms with E-state index in [-0.39, 0.29) is 17.4 Å². The third-order valence-corrected chi connectivity index (χ3v) is 4.84. The van der Waals surface area contributed by atoms with Gasteiger partial charge in [-0.25, -0.2) is 0 Å². The van der Waals surface area contributed by atoms with Crippen molar-refractivity contribution < 1.29 is 9.53 Å². The maximum atomic E-state index is 12.1. The summed E-state index contributed by atoms with van der Waals surface area (Å²) < 4.78 is 5.82. The molecule has 1 aromatic carbocycles. The fourth-order valence-corrected chi connectivity index (χ4v) is 3.58. The van der Waals surface area contributed by atoms with Crippen molar-refractivity contribution in [1.29, 1.82) is 0 Å². The molecule has 1 saturated carbocycles. The van der Waals surface area contributed by atoms with E-state index in [0.29, 0.717) is 25.0 Å². The van der Waals surface area contributed by atoms with Gasteiger partial charge in [-0.1, -0.05) is 44.2 Å². The van der Waals surface area contributed by atoms with Crippen LogP contribution in [0.15, 0.2) is 30.3 Å². The molecule has 0 radical (unpaired) electrons. The van der Waals surface area contributed by atoms with Crippen LogP contribution in [-0.2, 0) is 16.1 Å². The summed E-state index contributed by atoms with van der Waals surface area (Å²) in [5, 5.41) is 0. The molecule has 3 atom stereocenters. The molecule has 0 bridgehead atoms. The van der Waals surface area contributed by atoms with Crippen LogP contribution < -0.4 is 0 Å². The molecule has 1 saturated heterocycles. The number of likely N-dealkylation sites (tertiary alicyclic amines) is 1. The van der Waals surface area contributed by atoms with Crippen molar-refractivity contribution in [1.82, 2.24) is 4.90 Å². The number of hydrogen-bond donors (Lipinski definition) is 0. The Kier molecular flexibility index (Phi) is 2.90. The highest BCUT2D eigenvalue weighted by Gasteiger charge is 2.70. The lowest BCUT2D eigenvalue weighted by Gasteiger charge is -2.27. The van der Waals surface area contributed by atoms with Crippen LogP contribution in [0.4, 0.5) is 0 Å². The molecule has 19 heavy (non-hydrogen) atoms. The van der Waals surface area contributed by atoms with Gasteiger partial charge in [0.1, 0.15) is 0 Å². The van der Waals surface area contributed by atoms with E-state index in [2.05, 4.69) is 26.0 Å². The number of amides is 1. The number of rotatable bonds is 4. The Bertz CT molecular complexity index is 483. The molecule has 3 rings (SSSR count). The van der Waals surface area contributed by atoms with Crippen LogP contribution in [0.5, 0.6) is 0 Å². The molecule has 0 aromatic heterocycles. The highest BCUT2D eigenvalue weighted by Crippen LogP contribution is 2.65. The lowest BCUT2D eigenvalue weighted by atomic mass is 10.0. The Balaban J connectivity index is 1.57. The monoisotopic (exact) mass is 259 g/mol. The van der Waals surface area contributed by atoms with Crippen LogP contribution in [0, 0.1) is 17.3 Å². The van der Waals surface area contributed by atoms with Gasteiger partial charge in [0.25, 0.3) is 0 Å². The van der Waals surface area contributed by atoms with Crippen LogP contribution in [0.25, 0.3) is 0 Å². The van der Waals surface area contributed by atoms with E-state index in [1.807, 2.05) is 30.1 Å². The van der Waals surface area contributed by atoms with Gasteiger partial charge < -0.3 is 9.64 Å². The highest BCUT2D eigenvalue weighted by molar-refractivity contribution is 5.86. The molecule has 3 heteroatoms. The van der Waals surface area contributed by atoms with Gasteiger partial charge in [0.15, 0.2) is 0 Å². The van der Waals surface area contributed by atoms with Gasteiger partial charge in [-0.2, -0.15) is 0 Å². The summed E-state index contributed by atoms with van der Waals surface area (Å²) in [5.74, 6) is 0.993. The standard InChI is InChI=1S/C16H21NO2/c1-16(2)13-12(17(3)15(18)14(13)16)10-19-9-11-7-5-4-6-8-11/h4-8,12-14H,9-10H2,1-3H3/t12-,13-,14?/m1/s1. The van der Waals surface area contributed by atoms with Crippen molar-refractivity contribution >= 4 is 5.91 Å². The van der Waals surface area contributed by atoms with Gasteiger partial charge in [-0.15, -0.1) is 0 Å².